The number of para-hydroxylation sites is 1. The molecular formula is C32H27N5O4S. The van der Waals surface area contributed by atoms with Gasteiger partial charge in [-0.05, 0) is 78.4 Å². The van der Waals surface area contributed by atoms with Gasteiger partial charge in [0.2, 0.25) is 5.91 Å². The molecule has 0 aliphatic rings. The number of nitriles is 1. The summed E-state index contributed by atoms with van der Waals surface area (Å²) in [5.74, 6) is 3.30. The number of hydrogen-bond donors (Lipinski definition) is 1. The number of methoxy groups -OCH3 is 2. The molecule has 10 heteroatoms. The number of aromatic nitrogens is 3. The Kier molecular flexibility index (Phi) is 9.01. The summed E-state index contributed by atoms with van der Waals surface area (Å²) in [5.41, 5.74) is 2.92. The van der Waals surface area contributed by atoms with E-state index in [1.165, 1.54) is 11.8 Å². The molecule has 0 radical (unpaired) electrons. The second-order valence-electron chi connectivity index (χ2n) is 9.04. The van der Waals surface area contributed by atoms with Crippen LogP contribution in [0.2, 0.25) is 0 Å². The number of anilines is 1. The molecule has 1 aromatic heterocycles. The molecule has 42 heavy (non-hydrogen) atoms. The molecule has 0 aliphatic carbocycles. The lowest BCUT2D eigenvalue weighted by molar-refractivity contribution is -0.113. The molecule has 0 saturated heterocycles. The number of rotatable bonds is 11. The van der Waals surface area contributed by atoms with Crippen LogP contribution < -0.4 is 19.5 Å². The minimum atomic E-state index is -0.202. The molecule has 0 spiro atoms. The maximum Gasteiger partial charge on any atom is 0.234 e. The highest BCUT2D eigenvalue weighted by atomic mass is 32.2. The maximum absolute atomic E-state index is 12.7. The second kappa shape index (κ2) is 13.4. The summed E-state index contributed by atoms with van der Waals surface area (Å²) in [6.45, 7) is 0. The molecule has 0 saturated carbocycles. The Bertz CT molecular complexity index is 1700. The van der Waals surface area contributed by atoms with Crippen molar-refractivity contribution in [3.05, 3.63) is 114 Å². The third-order valence-corrected chi connectivity index (χ3v) is 7.14. The van der Waals surface area contributed by atoms with Crippen molar-refractivity contribution in [3.63, 3.8) is 0 Å². The summed E-state index contributed by atoms with van der Waals surface area (Å²) in [6, 6.07) is 31.7. The summed E-state index contributed by atoms with van der Waals surface area (Å²) < 4.78 is 18.7. The van der Waals surface area contributed by atoms with Crippen molar-refractivity contribution >= 4 is 23.4 Å². The van der Waals surface area contributed by atoms with Gasteiger partial charge in [0.15, 0.2) is 16.7 Å². The van der Waals surface area contributed by atoms with Gasteiger partial charge in [0.05, 0.1) is 31.6 Å². The SMILES string of the molecule is COc1ccc(Cc2nnc(SCC(=O)Nc3ccc(C#N)cc3)n2-c2ccc(Oc3ccccc3)cc2)cc1OC. The fraction of sp³-hybridized carbons (Fsp3) is 0.125. The fourth-order valence-corrected chi connectivity index (χ4v) is 4.95. The number of nitrogens with zero attached hydrogens (tertiary/aromatic N) is 4. The predicted octanol–water partition coefficient (Wildman–Crippen LogP) is 6.27. The molecule has 9 nitrogen and oxygen atoms in total. The van der Waals surface area contributed by atoms with Crippen molar-refractivity contribution in [2.75, 3.05) is 25.3 Å². The van der Waals surface area contributed by atoms with Gasteiger partial charge in [0.25, 0.3) is 0 Å². The Morgan fingerprint density at radius 2 is 1.60 bits per heavy atom. The van der Waals surface area contributed by atoms with Crippen LogP contribution in [0.4, 0.5) is 5.69 Å². The van der Waals surface area contributed by atoms with Gasteiger partial charge < -0.3 is 19.5 Å². The van der Waals surface area contributed by atoms with Crippen LogP contribution in [0.15, 0.2) is 102 Å². The van der Waals surface area contributed by atoms with Gasteiger partial charge in [0, 0.05) is 17.8 Å². The van der Waals surface area contributed by atoms with E-state index in [1.807, 2.05) is 77.4 Å². The lowest BCUT2D eigenvalue weighted by Crippen LogP contribution is -2.14. The number of hydrogen-bond acceptors (Lipinski definition) is 8. The van der Waals surface area contributed by atoms with Crippen LogP contribution in [0.5, 0.6) is 23.0 Å². The van der Waals surface area contributed by atoms with E-state index in [1.54, 1.807) is 38.5 Å². The normalized spacial score (nSPS) is 10.5. The number of amides is 1. The highest BCUT2D eigenvalue weighted by molar-refractivity contribution is 7.99. The van der Waals surface area contributed by atoms with Crippen molar-refractivity contribution in [2.24, 2.45) is 0 Å². The van der Waals surface area contributed by atoms with E-state index < -0.39 is 0 Å². The van der Waals surface area contributed by atoms with Crippen molar-refractivity contribution < 1.29 is 19.0 Å². The van der Waals surface area contributed by atoms with Gasteiger partial charge in [-0.15, -0.1) is 10.2 Å². The van der Waals surface area contributed by atoms with Crippen molar-refractivity contribution in [3.8, 4) is 34.8 Å². The molecule has 1 heterocycles. The van der Waals surface area contributed by atoms with Crippen LogP contribution in [0.3, 0.4) is 0 Å². The Morgan fingerprint density at radius 1 is 0.881 bits per heavy atom. The number of thioether (sulfide) groups is 1. The lowest BCUT2D eigenvalue weighted by atomic mass is 10.1. The summed E-state index contributed by atoms with van der Waals surface area (Å²) in [7, 11) is 3.20. The maximum atomic E-state index is 12.7. The quantitative estimate of drug-likeness (QED) is 0.183. The minimum absolute atomic E-state index is 0.115. The first kappa shape index (κ1) is 28.3. The average Bonchev–Trinajstić information content (AvgIpc) is 3.43. The fourth-order valence-electron chi connectivity index (χ4n) is 4.18. The highest BCUT2D eigenvalue weighted by Crippen LogP contribution is 2.30. The highest BCUT2D eigenvalue weighted by Gasteiger charge is 2.18. The first-order valence-electron chi connectivity index (χ1n) is 13.0. The molecule has 0 aliphatic heterocycles. The van der Waals surface area contributed by atoms with Crippen LogP contribution in [-0.4, -0.2) is 40.6 Å². The van der Waals surface area contributed by atoms with Crippen molar-refractivity contribution in [1.29, 1.82) is 5.26 Å². The monoisotopic (exact) mass is 577 g/mol. The third kappa shape index (κ3) is 6.89. The first-order valence-corrected chi connectivity index (χ1v) is 14.0. The molecule has 0 fully saturated rings. The Balaban J connectivity index is 1.39. The van der Waals surface area contributed by atoms with Gasteiger partial charge in [0.1, 0.15) is 17.3 Å². The lowest BCUT2D eigenvalue weighted by Gasteiger charge is -2.13. The molecular weight excluding hydrogens is 550 g/mol. The van der Waals surface area contributed by atoms with E-state index in [-0.39, 0.29) is 11.7 Å². The van der Waals surface area contributed by atoms with Crippen LogP contribution in [0.25, 0.3) is 5.69 Å². The Hall–Kier alpha value is -5.27. The van der Waals surface area contributed by atoms with Crippen LogP contribution >= 0.6 is 11.8 Å². The molecule has 5 rings (SSSR count). The summed E-state index contributed by atoms with van der Waals surface area (Å²) >= 11 is 1.28. The predicted molar refractivity (Wildman–Crippen MR) is 161 cm³/mol. The molecule has 210 valence electrons. The van der Waals surface area contributed by atoms with Crippen LogP contribution in [0, 0.1) is 11.3 Å². The molecule has 1 N–H and O–H groups in total. The molecule has 1 amide bonds. The number of benzene rings is 4. The zero-order valence-corrected chi connectivity index (χ0v) is 23.8. The Labute approximate surface area is 247 Å². The van der Waals surface area contributed by atoms with E-state index in [0.717, 1.165) is 17.0 Å². The summed E-state index contributed by atoms with van der Waals surface area (Å²) in [5, 5.41) is 21.3. The van der Waals surface area contributed by atoms with Crippen LogP contribution in [0.1, 0.15) is 17.0 Å². The summed E-state index contributed by atoms with van der Waals surface area (Å²) in [4.78, 5) is 12.7. The van der Waals surface area contributed by atoms with E-state index in [0.29, 0.717) is 45.9 Å². The van der Waals surface area contributed by atoms with Gasteiger partial charge in [-0.1, -0.05) is 36.0 Å². The summed E-state index contributed by atoms with van der Waals surface area (Å²) in [6.07, 6.45) is 0.466. The van der Waals surface area contributed by atoms with E-state index in [4.69, 9.17) is 19.5 Å². The number of carbonyl (C=O) groups excluding carboxylic acids is 1. The van der Waals surface area contributed by atoms with E-state index in [2.05, 4.69) is 21.6 Å². The second-order valence-corrected chi connectivity index (χ2v) is 9.98. The Morgan fingerprint density at radius 3 is 2.29 bits per heavy atom. The molecule has 0 atom stereocenters. The van der Waals surface area contributed by atoms with Gasteiger partial charge >= 0.3 is 0 Å². The standard InChI is InChI=1S/C32H27N5O4S/c1-39-28-17-10-23(18-29(28)40-2)19-30-35-36-32(42-21-31(38)34-24-11-8-22(20-33)9-12-24)37(30)25-13-15-27(16-14-25)41-26-6-4-3-5-7-26/h3-18H,19,21H2,1-2H3,(H,34,38). The first-order chi connectivity index (χ1) is 20.6. The van der Waals surface area contributed by atoms with Crippen molar-refractivity contribution in [1.82, 2.24) is 14.8 Å². The van der Waals surface area contributed by atoms with Gasteiger partial charge in [-0.25, -0.2) is 0 Å². The van der Waals surface area contributed by atoms with Crippen molar-refractivity contribution in [2.45, 2.75) is 11.6 Å². The minimum Gasteiger partial charge on any atom is -0.493 e. The zero-order valence-electron chi connectivity index (χ0n) is 23.0. The number of ether oxygens (including phenoxy) is 3. The molecule has 5 aromatic rings. The zero-order chi connectivity index (χ0) is 29.3. The smallest absolute Gasteiger partial charge is 0.234 e. The number of nitrogens with one attached hydrogen (secondary N) is 1. The van der Waals surface area contributed by atoms with Gasteiger partial charge in [-0.2, -0.15) is 5.26 Å². The molecule has 0 unspecified atom stereocenters. The number of carbonyl (C=O) groups is 1. The molecule has 4 aromatic carbocycles. The molecule has 0 bridgehead atoms. The van der Waals surface area contributed by atoms with Gasteiger partial charge in [-0.3, -0.25) is 9.36 Å². The average molecular weight is 578 g/mol. The van der Waals surface area contributed by atoms with Crippen LogP contribution in [-0.2, 0) is 11.2 Å². The van der Waals surface area contributed by atoms with E-state index in [9.17, 15) is 4.79 Å². The van der Waals surface area contributed by atoms with E-state index >= 15 is 0 Å². The third-order valence-electron chi connectivity index (χ3n) is 6.21. The topological polar surface area (TPSA) is 111 Å². The largest absolute Gasteiger partial charge is 0.493 e.